The Bertz CT molecular complexity index is 1260. The summed E-state index contributed by atoms with van der Waals surface area (Å²) in [6, 6.07) is 12.5. The van der Waals surface area contributed by atoms with Crippen LogP contribution < -0.4 is 4.90 Å². The summed E-state index contributed by atoms with van der Waals surface area (Å²) in [7, 11) is 0. The average Bonchev–Trinajstić information content (AvgIpc) is 3.49. The molecule has 6 nitrogen and oxygen atoms in total. The highest BCUT2D eigenvalue weighted by molar-refractivity contribution is 6.34. The van der Waals surface area contributed by atoms with Crippen molar-refractivity contribution in [2.75, 3.05) is 37.6 Å². The molecule has 0 aliphatic carbocycles. The lowest BCUT2D eigenvalue weighted by Crippen LogP contribution is -2.57. The van der Waals surface area contributed by atoms with Crippen LogP contribution in [0.15, 0.2) is 48.5 Å². The molecule has 2 amide bonds. The van der Waals surface area contributed by atoms with Crippen LogP contribution in [0, 0.1) is 11.8 Å². The molecule has 3 aliphatic heterocycles. The minimum Gasteiger partial charge on any atom is -0.371 e. The number of amides is 2. The molecule has 0 saturated carbocycles. The van der Waals surface area contributed by atoms with Crippen LogP contribution in [0.2, 0.25) is 5.02 Å². The fourth-order valence-electron chi connectivity index (χ4n) is 7.08. The van der Waals surface area contributed by atoms with Crippen molar-refractivity contribution in [1.29, 1.82) is 0 Å². The zero-order chi connectivity index (χ0) is 30.1. The molecule has 0 radical (unpaired) electrons. The molecule has 3 aliphatic rings. The second-order valence-electron chi connectivity index (χ2n) is 11.9. The molecule has 42 heavy (non-hydrogen) atoms. The van der Waals surface area contributed by atoms with E-state index in [1.165, 1.54) is 17.0 Å². The molecule has 3 saturated heterocycles. The number of nitrogens with zero attached hydrogens (tertiary/aromatic N) is 3. The number of likely N-dealkylation sites (tertiary alicyclic amines) is 2. The van der Waals surface area contributed by atoms with E-state index in [1.54, 1.807) is 6.07 Å². The highest BCUT2D eigenvalue weighted by atomic mass is 35.5. The maximum Gasteiger partial charge on any atom is 0.430 e. The van der Waals surface area contributed by atoms with E-state index in [9.17, 15) is 27.9 Å². The van der Waals surface area contributed by atoms with Crippen molar-refractivity contribution < 1.29 is 27.9 Å². The van der Waals surface area contributed by atoms with Crippen molar-refractivity contribution in [1.82, 2.24) is 9.80 Å². The van der Waals surface area contributed by atoms with Gasteiger partial charge < -0.3 is 19.8 Å². The Labute approximate surface area is 250 Å². The first kappa shape index (κ1) is 30.7. The van der Waals surface area contributed by atoms with Gasteiger partial charge in [-0.2, -0.15) is 13.2 Å². The van der Waals surface area contributed by atoms with Gasteiger partial charge in [-0.1, -0.05) is 48.9 Å². The number of rotatable bonds is 6. The van der Waals surface area contributed by atoms with Crippen LogP contribution in [0.4, 0.5) is 18.9 Å². The Morgan fingerprint density at radius 2 is 1.52 bits per heavy atom. The number of alkyl halides is 3. The first-order chi connectivity index (χ1) is 20.0. The molecule has 0 bridgehead atoms. The number of hydrogen-bond acceptors (Lipinski definition) is 4. The number of anilines is 1. The number of piperidine rings is 2. The van der Waals surface area contributed by atoms with E-state index in [-0.39, 0.29) is 25.0 Å². The van der Waals surface area contributed by atoms with E-state index in [4.69, 9.17) is 11.6 Å². The maximum atomic E-state index is 14.0. The molecule has 1 unspecified atom stereocenters. The van der Waals surface area contributed by atoms with Crippen LogP contribution in [0.3, 0.4) is 0 Å². The SMILES string of the molecule is CCC1CCCN1C(=O)c1ccc(N2CCC(C3CCN(C(=O)[C@](O)(c4ccccc4)C(F)(F)F)CC3)CC2)cc1Cl. The molecular formula is C32H39ClF3N3O3. The van der Waals surface area contributed by atoms with Crippen LogP contribution in [-0.4, -0.2) is 71.7 Å². The molecule has 10 heteroatoms. The Hall–Kier alpha value is -2.78. The van der Waals surface area contributed by atoms with Gasteiger partial charge in [0.15, 0.2) is 0 Å². The lowest BCUT2D eigenvalue weighted by Gasteiger charge is -2.42. The third kappa shape index (κ3) is 5.87. The summed E-state index contributed by atoms with van der Waals surface area (Å²) in [6.45, 7) is 4.89. The van der Waals surface area contributed by atoms with Gasteiger partial charge >= 0.3 is 6.18 Å². The van der Waals surface area contributed by atoms with Gasteiger partial charge in [0.2, 0.25) is 0 Å². The number of carbonyl (C=O) groups is 2. The van der Waals surface area contributed by atoms with Gasteiger partial charge in [0.25, 0.3) is 17.4 Å². The molecule has 2 atom stereocenters. The van der Waals surface area contributed by atoms with Crippen LogP contribution in [0.25, 0.3) is 0 Å². The molecule has 2 aromatic rings. The van der Waals surface area contributed by atoms with Crippen LogP contribution >= 0.6 is 11.6 Å². The van der Waals surface area contributed by atoms with Crippen LogP contribution in [0.5, 0.6) is 0 Å². The molecule has 0 spiro atoms. The van der Waals surface area contributed by atoms with Gasteiger partial charge in [-0.15, -0.1) is 0 Å². The predicted molar refractivity (Wildman–Crippen MR) is 156 cm³/mol. The smallest absolute Gasteiger partial charge is 0.371 e. The largest absolute Gasteiger partial charge is 0.430 e. The van der Waals surface area contributed by atoms with Gasteiger partial charge in [-0.25, -0.2) is 0 Å². The minimum atomic E-state index is -5.13. The quantitative estimate of drug-likeness (QED) is 0.422. The summed E-state index contributed by atoms with van der Waals surface area (Å²) in [6.07, 6.45) is 0.941. The summed E-state index contributed by atoms with van der Waals surface area (Å²) in [5, 5.41) is 11.2. The van der Waals surface area contributed by atoms with Crippen molar-refractivity contribution in [2.24, 2.45) is 11.8 Å². The number of carbonyl (C=O) groups excluding carboxylic acids is 2. The summed E-state index contributed by atoms with van der Waals surface area (Å²) in [5.74, 6) is -0.589. The van der Waals surface area contributed by atoms with E-state index in [1.807, 2.05) is 23.1 Å². The Morgan fingerprint density at radius 3 is 2.10 bits per heavy atom. The van der Waals surface area contributed by atoms with E-state index in [0.29, 0.717) is 35.3 Å². The first-order valence-electron chi connectivity index (χ1n) is 15.0. The maximum absolute atomic E-state index is 14.0. The van der Waals surface area contributed by atoms with Crippen molar-refractivity contribution in [2.45, 2.75) is 69.7 Å². The summed E-state index contributed by atoms with van der Waals surface area (Å²) in [4.78, 5) is 31.6. The Morgan fingerprint density at radius 1 is 0.905 bits per heavy atom. The Kier molecular flexibility index (Phi) is 9.09. The van der Waals surface area contributed by atoms with Crippen molar-refractivity contribution in [3.8, 4) is 0 Å². The van der Waals surface area contributed by atoms with E-state index in [0.717, 1.165) is 69.6 Å². The van der Waals surface area contributed by atoms with E-state index >= 15 is 0 Å². The lowest BCUT2D eigenvalue weighted by molar-refractivity contribution is -0.262. The second-order valence-corrected chi connectivity index (χ2v) is 12.3. The summed E-state index contributed by atoms with van der Waals surface area (Å²) < 4.78 is 42.0. The van der Waals surface area contributed by atoms with Crippen LogP contribution in [0.1, 0.15) is 67.8 Å². The topological polar surface area (TPSA) is 64.1 Å². The fourth-order valence-corrected chi connectivity index (χ4v) is 7.33. The normalized spacial score (nSPS) is 22.3. The van der Waals surface area contributed by atoms with Gasteiger partial charge in [0, 0.05) is 50.0 Å². The van der Waals surface area contributed by atoms with Crippen molar-refractivity contribution in [3.05, 3.63) is 64.7 Å². The zero-order valence-corrected chi connectivity index (χ0v) is 24.7. The second kappa shape index (κ2) is 12.4. The predicted octanol–water partition coefficient (Wildman–Crippen LogP) is 6.26. The molecule has 3 fully saturated rings. The highest BCUT2D eigenvalue weighted by Crippen LogP contribution is 2.42. The fraction of sp³-hybridized carbons (Fsp3) is 0.562. The Balaban J connectivity index is 1.16. The molecule has 2 aromatic carbocycles. The zero-order valence-electron chi connectivity index (χ0n) is 24.0. The van der Waals surface area contributed by atoms with Crippen molar-refractivity contribution >= 4 is 29.1 Å². The number of aliphatic hydroxyl groups is 1. The first-order valence-corrected chi connectivity index (χ1v) is 15.4. The molecule has 0 aromatic heterocycles. The molecule has 5 rings (SSSR count). The van der Waals surface area contributed by atoms with Crippen molar-refractivity contribution in [3.63, 3.8) is 0 Å². The molecule has 1 N–H and O–H groups in total. The average molecular weight is 606 g/mol. The van der Waals surface area contributed by atoms with Gasteiger partial charge in [0.05, 0.1) is 10.6 Å². The highest BCUT2D eigenvalue weighted by Gasteiger charge is 2.62. The number of benzene rings is 2. The van der Waals surface area contributed by atoms with Crippen LogP contribution in [-0.2, 0) is 10.4 Å². The number of hydrogen-bond donors (Lipinski definition) is 1. The minimum absolute atomic E-state index is 0.00289. The van der Waals surface area contributed by atoms with E-state index in [2.05, 4.69) is 11.8 Å². The third-order valence-corrected chi connectivity index (χ3v) is 9.91. The standard InChI is InChI=1S/C32H39ClF3N3O3/c1-2-25-9-6-16-39(25)29(40)27-11-10-26(21-28(27)33)37-17-12-22(13-18-37)23-14-19-38(20-15-23)30(41)31(42,32(34,35)36)24-7-4-3-5-8-24/h3-5,7-8,10-11,21-23,25,42H,2,6,9,12-20H2,1H3/t25?,31-/m1/s1. The summed E-state index contributed by atoms with van der Waals surface area (Å²) in [5.41, 5.74) is -2.49. The summed E-state index contributed by atoms with van der Waals surface area (Å²) >= 11 is 6.61. The molecule has 228 valence electrons. The monoisotopic (exact) mass is 605 g/mol. The van der Waals surface area contributed by atoms with E-state index < -0.39 is 23.2 Å². The number of halogens is 4. The van der Waals surface area contributed by atoms with Gasteiger partial charge in [-0.3, -0.25) is 9.59 Å². The van der Waals surface area contributed by atoms with Gasteiger partial charge in [-0.05, 0) is 75.0 Å². The molecular weight excluding hydrogens is 567 g/mol. The lowest BCUT2D eigenvalue weighted by atomic mass is 9.78. The third-order valence-electron chi connectivity index (χ3n) is 9.60. The van der Waals surface area contributed by atoms with Gasteiger partial charge in [0.1, 0.15) is 0 Å². The molecule has 3 heterocycles.